The van der Waals surface area contributed by atoms with E-state index in [0.717, 1.165) is 48.7 Å². The Balaban J connectivity index is 1.36. The first-order valence-corrected chi connectivity index (χ1v) is 10.3. The van der Waals surface area contributed by atoms with Gasteiger partial charge in [-0.2, -0.15) is 5.26 Å². The minimum Gasteiger partial charge on any atom is -0.335 e. The van der Waals surface area contributed by atoms with E-state index in [9.17, 15) is 10.1 Å². The number of amides is 1. The average molecular weight is 388 g/mol. The predicted molar refractivity (Wildman–Crippen MR) is 112 cm³/mol. The van der Waals surface area contributed by atoms with Gasteiger partial charge in [-0.1, -0.05) is 48.5 Å². The number of thiophene rings is 1. The quantitative estimate of drug-likeness (QED) is 0.673. The van der Waals surface area contributed by atoms with Crippen LogP contribution < -0.4 is 0 Å². The second-order valence-electron chi connectivity index (χ2n) is 6.90. The van der Waals surface area contributed by atoms with Gasteiger partial charge in [-0.15, -0.1) is 11.3 Å². The zero-order chi connectivity index (χ0) is 19.3. The van der Waals surface area contributed by atoms with E-state index < -0.39 is 0 Å². The third kappa shape index (κ3) is 3.99. The van der Waals surface area contributed by atoms with Gasteiger partial charge < -0.3 is 4.90 Å². The fourth-order valence-electron chi connectivity index (χ4n) is 3.55. The highest BCUT2D eigenvalue weighted by Gasteiger charge is 2.22. The Morgan fingerprint density at radius 2 is 1.71 bits per heavy atom. The largest absolute Gasteiger partial charge is 0.335 e. The Kier molecular flexibility index (Phi) is 5.52. The number of carbonyl (C=O) groups excluding carboxylic acids is 1. The molecular formula is C23H21N3OS. The van der Waals surface area contributed by atoms with Crippen molar-refractivity contribution in [2.45, 2.75) is 6.54 Å². The SMILES string of the molecule is N#Cc1ccccc1-c1ccc(CN2CCN(C(=O)c3cccs3)CC2)cc1. The summed E-state index contributed by atoms with van der Waals surface area (Å²) in [6.07, 6.45) is 0. The van der Waals surface area contributed by atoms with E-state index in [2.05, 4.69) is 35.2 Å². The molecule has 1 aromatic heterocycles. The van der Waals surface area contributed by atoms with Crippen LogP contribution in [-0.2, 0) is 6.54 Å². The lowest BCUT2D eigenvalue weighted by molar-refractivity contribution is 0.0633. The zero-order valence-corrected chi connectivity index (χ0v) is 16.4. The third-order valence-electron chi connectivity index (χ3n) is 5.11. The van der Waals surface area contributed by atoms with Gasteiger partial charge in [0.25, 0.3) is 5.91 Å². The molecule has 140 valence electrons. The molecule has 3 aromatic rings. The van der Waals surface area contributed by atoms with Crippen molar-refractivity contribution in [3.63, 3.8) is 0 Å². The van der Waals surface area contributed by atoms with Gasteiger partial charge in [0.05, 0.1) is 16.5 Å². The Morgan fingerprint density at radius 3 is 2.39 bits per heavy atom. The van der Waals surface area contributed by atoms with Crippen LogP contribution in [0.25, 0.3) is 11.1 Å². The smallest absolute Gasteiger partial charge is 0.264 e. The monoisotopic (exact) mass is 387 g/mol. The summed E-state index contributed by atoms with van der Waals surface area (Å²) in [4.78, 5) is 17.6. The molecular weight excluding hydrogens is 366 g/mol. The Bertz CT molecular complexity index is 981. The lowest BCUT2D eigenvalue weighted by atomic mass is 9.99. The number of benzene rings is 2. The van der Waals surface area contributed by atoms with Gasteiger partial charge in [0.15, 0.2) is 0 Å². The normalized spacial score (nSPS) is 14.6. The Hall–Kier alpha value is -2.94. The van der Waals surface area contributed by atoms with Gasteiger partial charge in [-0.05, 0) is 34.2 Å². The maximum atomic E-state index is 12.4. The number of hydrogen-bond donors (Lipinski definition) is 0. The summed E-state index contributed by atoms with van der Waals surface area (Å²) in [5.74, 6) is 0.148. The topological polar surface area (TPSA) is 47.3 Å². The molecule has 28 heavy (non-hydrogen) atoms. The van der Waals surface area contributed by atoms with E-state index in [1.165, 1.54) is 16.9 Å². The van der Waals surface area contributed by atoms with Crippen molar-refractivity contribution in [1.82, 2.24) is 9.80 Å². The van der Waals surface area contributed by atoms with Gasteiger partial charge in [-0.3, -0.25) is 9.69 Å². The summed E-state index contributed by atoms with van der Waals surface area (Å²) in [5.41, 5.74) is 3.97. The van der Waals surface area contributed by atoms with Crippen LogP contribution in [-0.4, -0.2) is 41.9 Å². The summed E-state index contributed by atoms with van der Waals surface area (Å²) in [6.45, 7) is 4.18. The van der Waals surface area contributed by atoms with Crippen molar-refractivity contribution < 1.29 is 4.79 Å². The summed E-state index contributed by atoms with van der Waals surface area (Å²) >= 11 is 1.51. The number of nitrogens with zero attached hydrogens (tertiary/aromatic N) is 3. The molecule has 1 amide bonds. The maximum absolute atomic E-state index is 12.4. The van der Waals surface area contributed by atoms with Gasteiger partial charge in [0, 0.05) is 32.7 Å². The van der Waals surface area contributed by atoms with E-state index >= 15 is 0 Å². The standard InChI is InChI=1S/C23H21N3OS/c24-16-20-4-1-2-5-21(20)19-9-7-18(8-10-19)17-25-11-13-26(14-12-25)23(27)22-6-3-15-28-22/h1-10,15H,11-14,17H2. The van der Waals surface area contributed by atoms with Crippen molar-refractivity contribution in [3.8, 4) is 17.2 Å². The highest BCUT2D eigenvalue weighted by molar-refractivity contribution is 7.12. The Labute approximate surface area is 169 Å². The first-order valence-electron chi connectivity index (χ1n) is 9.38. The van der Waals surface area contributed by atoms with Gasteiger partial charge in [-0.25, -0.2) is 0 Å². The molecule has 1 aliphatic rings. The van der Waals surface area contributed by atoms with Crippen LogP contribution in [0.4, 0.5) is 0 Å². The third-order valence-corrected chi connectivity index (χ3v) is 5.97. The number of hydrogen-bond acceptors (Lipinski definition) is 4. The molecule has 0 radical (unpaired) electrons. The zero-order valence-electron chi connectivity index (χ0n) is 15.5. The van der Waals surface area contributed by atoms with Crippen LogP contribution in [0.5, 0.6) is 0 Å². The van der Waals surface area contributed by atoms with Crippen LogP contribution in [0.3, 0.4) is 0 Å². The molecule has 0 atom stereocenters. The van der Waals surface area contributed by atoms with Gasteiger partial charge in [0.2, 0.25) is 0 Å². The average Bonchev–Trinajstić information content (AvgIpc) is 3.29. The lowest BCUT2D eigenvalue weighted by Gasteiger charge is -2.34. The second kappa shape index (κ2) is 8.39. The highest BCUT2D eigenvalue weighted by atomic mass is 32.1. The second-order valence-corrected chi connectivity index (χ2v) is 7.85. The molecule has 2 aromatic carbocycles. The molecule has 4 rings (SSSR count). The van der Waals surface area contributed by atoms with Crippen LogP contribution >= 0.6 is 11.3 Å². The molecule has 1 aliphatic heterocycles. The molecule has 0 spiro atoms. The molecule has 1 fully saturated rings. The van der Waals surface area contributed by atoms with E-state index in [0.29, 0.717) is 5.56 Å². The summed E-state index contributed by atoms with van der Waals surface area (Å²) in [5, 5.41) is 11.2. The summed E-state index contributed by atoms with van der Waals surface area (Å²) in [6, 6.07) is 22.2. The maximum Gasteiger partial charge on any atom is 0.264 e. The van der Waals surface area contributed by atoms with Crippen molar-refractivity contribution in [1.29, 1.82) is 5.26 Å². The van der Waals surface area contributed by atoms with Crippen molar-refractivity contribution in [2.24, 2.45) is 0 Å². The van der Waals surface area contributed by atoms with Crippen LogP contribution in [0.1, 0.15) is 20.8 Å². The first-order chi connectivity index (χ1) is 13.7. The van der Waals surface area contributed by atoms with Crippen LogP contribution in [0.15, 0.2) is 66.0 Å². The number of carbonyl (C=O) groups is 1. The number of piperazine rings is 1. The highest BCUT2D eigenvalue weighted by Crippen LogP contribution is 2.24. The van der Waals surface area contributed by atoms with Gasteiger partial charge >= 0.3 is 0 Å². The fourth-order valence-corrected chi connectivity index (χ4v) is 4.24. The molecule has 0 aliphatic carbocycles. The Morgan fingerprint density at radius 1 is 0.964 bits per heavy atom. The molecule has 4 nitrogen and oxygen atoms in total. The summed E-state index contributed by atoms with van der Waals surface area (Å²) < 4.78 is 0. The van der Waals surface area contributed by atoms with E-state index in [1.54, 1.807) is 0 Å². The van der Waals surface area contributed by atoms with Gasteiger partial charge in [0.1, 0.15) is 0 Å². The van der Waals surface area contributed by atoms with Crippen molar-refractivity contribution in [2.75, 3.05) is 26.2 Å². The van der Waals surface area contributed by atoms with E-state index in [1.807, 2.05) is 46.7 Å². The number of nitriles is 1. The van der Waals surface area contributed by atoms with Crippen molar-refractivity contribution >= 4 is 17.2 Å². The van der Waals surface area contributed by atoms with Crippen molar-refractivity contribution in [3.05, 3.63) is 82.0 Å². The summed E-state index contributed by atoms with van der Waals surface area (Å²) in [7, 11) is 0. The molecule has 1 saturated heterocycles. The van der Waals surface area contributed by atoms with E-state index in [-0.39, 0.29) is 5.91 Å². The lowest BCUT2D eigenvalue weighted by Crippen LogP contribution is -2.48. The molecule has 2 heterocycles. The molecule has 5 heteroatoms. The van der Waals surface area contributed by atoms with Crippen LogP contribution in [0.2, 0.25) is 0 Å². The molecule has 0 N–H and O–H groups in total. The minimum absolute atomic E-state index is 0.148. The molecule has 0 saturated carbocycles. The fraction of sp³-hybridized carbons (Fsp3) is 0.217. The predicted octanol–water partition coefficient (Wildman–Crippen LogP) is 4.24. The van der Waals surface area contributed by atoms with Crippen LogP contribution in [0, 0.1) is 11.3 Å². The minimum atomic E-state index is 0.148. The number of rotatable bonds is 4. The molecule has 0 bridgehead atoms. The first kappa shape index (κ1) is 18.4. The molecule has 0 unspecified atom stereocenters. The van der Waals surface area contributed by atoms with E-state index in [4.69, 9.17) is 0 Å².